The second kappa shape index (κ2) is 10.2. The van der Waals surface area contributed by atoms with Crippen molar-refractivity contribution in [1.82, 2.24) is 5.32 Å². The third-order valence-corrected chi connectivity index (χ3v) is 11.1. The van der Waals surface area contributed by atoms with Gasteiger partial charge in [0.15, 0.2) is 23.1 Å². The molecule has 2 fully saturated rings. The number of fused-ring (bicyclic) bond motifs is 8. The highest BCUT2D eigenvalue weighted by molar-refractivity contribution is 6.12. The molecule has 0 radical (unpaired) electrons. The van der Waals surface area contributed by atoms with Gasteiger partial charge in [-0.05, 0) is 57.4 Å². The zero-order valence-corrected chi connectivity index (χ0v) is 25.9. The van der Waals surface area contributed by atoms with Gasteiger partial charge in [0, 0.05) is 29.0 Å². The molecule has 9 nitrogen and oxygen atoms in total. The van der Waals surface area contributed by atoms with Gasteiger partial charge in [-0.15, -0.1) is 0 Å². The third-order valence-electron chi connectivity index (χ3n) is 11.1. The highest BCUT2D eigenvalue weighted by Gasteiger charge is 2.71. The molecule has 1 aromatic rings. The maximum absolute atomic E-state index is 15.5. The summed E-state index contributed by atoms with van der Waals surface area (Å²) in [5.41, 5.74) is 1.63. The Bertz CT molecular complexity index is 1480. The van der Waals surface area contributed by atoms with E-state index < -0.39 is 47.3 Å². The van der Waals surface area contributed by atoms with E-state index in [0.29, 0.717) is 29.5 Å². The summed E-state index contributed by atoms with van der Waals surface area (Å²) in [5.74, 6) is -4.92. The molecule has 6 rings (SSSR count). The maximum Gasteiger partial charge on any atom is 0.235 e. The molecule has 2 aliphatic carbocycles. The largest absolute Gasteiger partial charge is 0.504 e. The van der Waals surface area contributed by atoms with E-state index in [1.54, 1.807) is 6.92 Å². The molecule has 232 valence electrons. The predicted molar refractivity (Wildman–Crippen MR) is 157 cm³/mol. The number of rotatable bonds is 3. The lowest BCUT2D eigenvalue weighted by Gasteiger charge is -2.47. The van der Waals surface area contributed by atoms with E-state index in [9.17, 15) is 24.9 Å². The van der Waals surface area contributed by atoms with E-state index in [-0.39, 0.29) is 59.2 Å². The minimum Gasteiger partial charge on any atom is -0.504 e. The standard InChI is InChI=1S/C34H43NO8/c1-13(2)10-19-25-16(5)15(4)12-18-11-14(3)8-9-20(36)27(38)23-24(32(40)34(18,25)33(41)35-19)30-22-21(29(23)43-30)17(6)26(37)31(42-7)28(22)39/h11-13,16,18-20,23-25,29-30,36-37,39H,8-10H2,1-7H3,(H,35,41)/b14-11-/t16-,18+,19-,20-,23-,24+,25-,29+,30-,34+/m1/s1. The number of allylic oxidation sites excluding steroid dienone is 4. The van der Waals surface area contributed by atoms with E-state index in [0.717, 1.165) is 11.1 Å². The number of aromatic hydroxyl groups is 2. The molecule has 2 saturated heterocycles. The molecule has 1 spiro atoms. The van der Waals surface area contributed by atoms with Crippen molar-refractivity contribution in [1.29, 1.82) is 0 Å². The maximum atomic E-state index is 15.5. The van der Waals surface area contributed by atoms with Gasteiger partial charge in [-0.3, -0.25) is 14.4 Å². The number of amides is 1. The molecule has 3 heterocycles. The molecule has 43 heavy (non-hydrogen) atoms. The van der Waals surface area contributed by atoms with E-state index in [4.69, 9.17) is 9.47 Å². The molecular weight excluding hydrogens is 550 g/mol. The summed E-state index contributed by atoms with van der Waals surface area (Å²) >= 11 is 0. The summed E-state index contributed by atoms with van der Waals surface area (Å²) in [5, 5.41) is 36.5. The van der Waals surface area contributed by atoms with Crippen LogP contribution < -0.4 is 10.1 Å². The molecular formula is C34H43NO8. The van der Waals surface area contributed by atoms with Gasteiger partial charge in [0.05, 0.1) is 31.2 Å². The fourth-order valence-corrected chi connectivity index (χ4v) is 9.08. The van der Waals surface area contributed by atoms with Gasteiger partial charge in [0.1, 0.15) is 11.5 Å². The number of nitrogens with one attached hydrogen (secondary N) is 1. The molecule has 10 atom stereocenters. The predicted octanol–water partition coefficient (Wildman–Crippen LogP) is 4.37. The molecule has 0 aromatic heterocycles. The van der Waals surface area contributed by atoms with Crippen molar-refractivity contribution in [3.05, 3.63) is 40.0 Å². The van der Waals surface area contributed by atoms with Crippen molar-refractivity contribution in [3.8, 4) is 17.2 Å². The Hall–Kier alpha value is -3.17. The van der Waals surface area contributed by atoms with Crippen molar-refractivity contribution < 1.29 is 39.2 Å². The molecule has 5 aliphatic rings. The van der Waals surface area contributed by atoms with Gasteiger partial charge in [-0.2, -0.15) is 0 Å². The first-order valence-corrected chi connectivity index (χ1v) is 15.5. The minimum atomic E-state index is -1.50. The van der Waals surface area contributed by atoms with Gasteiger partial charge in [0.25, 0.3) is 0 Å². The van der Waals surface area contributed by atoms with Crippen LogP contribution in [0, 0.1) is 47.8 Å². The summed E-state index contributed by atoms with van der Waals surface area (Å²) in [6.07, 6.45) is 1.95. The SMILES string of the molecule is COc1c(O)c(C)c2c(c1O)[C@H]1O[C@@H]2[C@H]2C(=O)[C@H](O)CC/C(C)=C\[C@H]3C=C(C)[C@@H](C)[C@@H]4[C@@H](CC(C)C)NC(=O)[C@]43C(=O)[C@@H]21. The zero-order valence-electron chi connectivity index (χ0n) is 25.9. The van der Waals surface area contributed by atoms with Crippen molar-refractivity contribution in [2.24, 2.45) is 40.9 Å². The first kappa shape index (κ1) is 29.9. The summed E-state index contributed by atoms with van der Waals surface area (Å²) in [7, 11) is 1.33. The first-order valence-electron chi connectivity index (χ1n) is 15.5. The van der Waals surface area contributed by atoms with Crippen molar-refractivity contribution in [2.75, 3.05) is 7.11 Å². The number of carbonyl (C=O) groups is 3. The number of phenols is 2. The summed E-state index contributed by atoms with van der Waals surface area (Å²) < 4.78 is 11.7. The van der Waals surface area contributed by atoms with Crippen LogP contribution in [-0.4, -0.2) is 52.0 Å². The van der Waals surface area contributed by atoms with Gasteiger partial charge in [-0.1, -0.05) is 44.1 Å². The second-order valence-electron chi connectivity index (χ2n) is 13.9. The number of hydrogen-bond acceptors (Lipinski definition) is 8. The Morgan fingerprint density at radius 3 is 2.37 bits per heavy atom. The number of phenolic OH excluding ortho intramolecular Hbond substituents is 2. The quantitative estimate of drug-likeness (QED) is 0.299. The van der Waals surface area contributed by atoms with Crippen LogP contribution in [0.4, 0.5) is 0 Å². The van der Waals surface area contributed by atoms with Crippen molar-refractivity contribution >= 4 is 17.5 Å². The van der Waals surface area contributed by atoms with Crippen LogP contribution in [0.2, 0.25) is 0 Å². The minimum absolute atomic E-state index is 0.0824. The summed E-state index contributed by atoms with van der Waals surface area (Å²) in [6, 6.07) is -0.240. The Balaban J connectivity index is 1.62. The van der Waals surface area contributed by atoms with Crippen LogP contribution in [0.3, 0.4) is 0 Å². The number of Topliss-reactive ketones (excluding diaryl/α,β-unsaturated/α-hetero) is 2. The number of methoxy groups -OCH3 is 1. The molecule has 1 amide bonds. The number of ether oxygens (including phenoxy) is 2. The normalized spacial score (nSPS) is 39.7. The van der Waals surface area contributed by atoms with Crippen molar-refractivity contribution in [3.63, 3.8) is 0 Å². The summed E-state index contributed by atoms with van der Waals surface area (Å²) in [4.78, 5) is 44.0. The van der Waals surface area contributed by atoms with Crippen LogP contribution >= 0.6 is 0 Å². The average Bonchev–Trinajstić information content (AvgIpc) is 3.60. The van der Waals surface area contributed by atoms with Crippen LogP contribution in [-0.2, 0) is 19.1 Å². The fraction of sp³-hybridized carbons (Fsp3) is 0.618. The number of ketones is 2. The van der Waals surface area contributed by atoms with E-state index in [1.807, 2.05) is 19.1 Å². The lowest BCUT2D eigenvalue weighted by Crippen LogP contribution is -2.56. The number of aliphatic hydroxyl groups excluding tert-OH is 1. The van der Waals surface area contributed by atoms with E-state index in [2.05, 4.69) is 33.0 Å². The molecule has 0 unspecified atom stereocenters. The van der Waals surface area contributed by atoms with Crippen molar-refractivity contribution in [2.45, 2.75) is 85.2 Å². The molecule has 3 aliphatic heterocycles. The monoisotopic (exact) mass is 593 g/mol. The Kier molecular flexibility index (Phi) is 7.08. The average molecular weight is 594 g/mol. The highest BCUT2D eigenvalue weighted by Crippen LogP contribution is 2.67. The lowest BCUT2D eigenvalue weighted by atomic mass is 9.51. The molecule has 1 aromatic carbocycles. The number of hydrogen-bond donors (Lipinski definition) is 4. The molecule has 0 saturated carbocycles. The van der Waals surface area contributed by atoms with Gasteiger partial charge in [-0.25, -0.2) is 0 Å². The Morgan fingerprint density at radius 2 is 1.72 bits per heavy atom. The van der Waals surface area contributed by atoms with Crippen LogP contribution in [0.1, 0.15) is 82.8 Å². The smallest absolute Gasteiger partial charge is 0.235 e. The highest BCUT2D eigenvalue weighted by atomic mass is 16.5. The van der Waals surface area contributed by atoms with Crippen LogP contribution in [0.15, 0.2) is 23.3 Å². The molecule has 2 bridgehead atoms. The Labute approximate surface area is 252 Å². The van der Waals surface area contributed by atoms with Crippen LogP contribution in [0.25, 0.3) is 0 Å². The van der Waals surface area contributed by atoms with Gasteiger partial charge < -0.3 is 30.1 Å². The number of aliphatic hydroxyl groups is 1. The zero-order chi connectivity index (χ0) is 31.3. The number of benzene rings is 1. The molecule has 9 heteroatoms. The van der Waals surface area contributed by atoms with Gasteiger partial charge >= 0.3 is 0 Å². The van der Waals surface area contributed by atoms with Gasteiger partial charge in [0.2, 0.25) is 11.7 Å². The molecule has 4 N–H and O–H groups in total. The topological polar surface area (TPSA) is 142 Å². The third kappa shape index (κ3) is 3.93. The van der Waals surface area contributed by atoms with Crippen LogP contribution in [0.5, 0.6) is 17.2 Å². The fourth-order valence-electron chi connectivity index (χ4n) is 9.08. The second-order valence-corrected chi connectivity index (χ2v) is 13.9. The summed E-state index contributed by atoms with van der Waals surface area (Å²) in [6.45, 7) is 11.9. The van der Waals surface area contributed by atoms with E-state index >= 15 is 4.79 Å². The number of carbonyl (C=O) groups excluding carboxylic acids is 3. The van der Waals surface area contributed by atoms with E-state index in [1.165, 1.54) is 7.11 Å². The first-order chi connectivity index (χ1) is 20.3. The lowest BCUT2D eigenvalue weighted by molar-refractivity contribution is -0.152. The Morgan fingerprint density at radius 1 is 1.05 bits per heavy atom.